The predicted molar refractivity (Wildman–Crippen MR) is 112 cm³/mol. The first-order valence-electron chi connectivity index (χ1n) is 9.26. The van der Waals surface area contributed by atoms with Crippen LogP contribution < -0.4 is 9.47 Å². The van der Waals surface area contributed by atoms with E-state index in [-0.39, 0.29) is 24.3 Å². The summed E-state index contributed by atoms with van der Waals surface area (Å²) >= 11 is 5.90. The largest absolute Gasteiger partial charge is 0.507 e. The Morgan fingerprint density at radius 2 is 1.68 bits per heavy atom. The van der Waals surface area contributed by atoms with E-state index in [0.717, 1.165) is 4.90 Å². The van der Waals surface area contributed by atoms with Crippen LogP contribution >= 0.6 is 11.6 Å². The maximum atomic E-state index is 12.9. The normalized spacial score (nSPS) is 17.6. The number of methoxy groups -OCH3 is 2. The van der Waals surface area contributed by atoms with Gasteiger partial charge in [0.25, 0.3) is 11.7 Å². The molecule has 9 heteroatoms. The second-order valence-electron chi connectivity index (χ2n) is 6.76. The van der Waals surface area contributed by atoms with E-state index in [1.54, 1.807) is 30.3 Å². The number of ether oxygens (including phenoxy) is 2. The Bertz CT molecular complexity index is 1060. The molecule has 1 heterocycles. The topological polar surface area (TPSA) is 113 Å². The van der Waals surface area contributed by atoms with E-state index in [0.29, 0.717) is 27.6 Å². The third-order valence-electron chi connectivity index (χ3n) is 4.95. The molecule has 0 spiro atoms. The van der Waals surface area contributed by atoms with E-state index in [2.05, 4.69) is 0 Å². The first-order chi connectivity index (χ1) is 14.8. The zero-order valence-electron chi connectivity index (χ0n) is 16.8. The van der Waals surface area contributed by atoms with Crippen molar-refractivity contribution in [1.29, 1.82) is 0 Å². The van der Waals surface area contributed by atoms with Crippen molar-refractivity contribution in [3.63, 3.8) is 0 Å². The summed E-state index contributed by atoms with van der Waals surface area (Å²) in [6, 6.07) is 9.94. The number of carbonyl (C=O) groups is 3. The first-order valence-corrected chi connectivity index (χ1v) is 9.64. The lowest BCUT2D eigenvalue weighted by Gasteiger charge is -2.25. The van der Waals surface area contributed by atoms with Gasteiger partial charge in [0.2, 0.25) is 0 Å². The number of aliphatic hydroxyl groups excluding tert-OH is 1. The summed E-state index contributed by atoms with van der Waals surface area (Å²) < 4.78 is 10.5. The second-order valence-corrected chi connectivity index (χ2v) is 7.19. The van der Waals surface area contributed by atoms with E-state index in [1.165, 1.54) is 26.4 Å². The lowest BCUT2D eigenvalue weighted by molar-refractivity contribution is -0.142. The van der Waals surface area contributed by atoms with Gasteiger partial charge in [0.15, 0.2) is 11.5 Å². The highest BCUT2D eigenvalue weighted by Crippen LogP contribution is 2.42. The molecule has 2 aromatic rings. The third-order valence-corrected chi connectivity index (χ3v) is 5.20. The van der Waals surface area contributed by atoms with Crippen LogP contribution in [0.4, 0.5) is 0 Å². The van der Waals surface area contributed by atoms with Crippen molar-refractivity contribution >= 4 is 35.0 Å². The highest BCUT2D eigenvalue weighted by Gasteiger charge is 2.46. The van der Waals surface area contributed by atoms with Gasteiger partial charge in [-0.1, -0.05) is 17.7 Å². The van der Waals surface area contributed by atoms with Crippen LogP contribution in [0.5, 0.6) is 11.5 Å². The number of nitrogens with zero attached hydrogens (tertiary/aromatic N) is 1. The fraction of sp³-hybridized carbons (Fsp3) is 0.227. The van der Waals surface area contributed by atoms with Crippen LogP contribution in [-0.4, -0.2) is 53.5 Å². The van der Waals surface area contributed by atoms with Gasteiger partial charge in [0.05, 0.1) is 32.3 Å². The molecule has 0 radical (unpaired) electrons. The standard InChI is InChI=1S/C22H20ClNO7/c1-30-15-8-5-13(11-16(15)31-2)19-18(20(27)12-3-6-14(23)7-4-12)21(28)22(29)24(19)10-9-17(25)26/h3-8,11,19,27H,9-10H2,1-2H3,(H,25,26)/t19-/m1/s1. The van der Waals surface area contributed by atoms with Crippen molar-refractivity contribution < 1.29 is 34.1 Å². The second kappa shape index (κ2) is 9.09. The quantitative estimate of drug-likeness (QED) is 0.382. The van der Waals surface area contributed by atoms with E-state index in [4.69, 9.17) is 26.2 Å². The molecule has 0 bridgehead atoms. The van der Waals surface area contributed by atoms with Crippen LogP contribution in [0.2, 0.25) is 5.02 Å². The van der Waals surface area contributed by atoms with Gasteiger partial charge < -0.3 is 24.6 Å². The highest BCUT2D eigenvalue weighted by atomic mass is 35.5. The van der Waals surface area contributed by atoms with Gasteiger partial charge in [0.1, 0.15) is 5.76 Å². The number of benzene rings is 2. The van der Waals surface area contributed by atoms with Crippen molar-refractivity contribution in [3.8, 4) is 11.5 Å². The average Bonchev–Trinajstić information content (AvgIpc) is 3.01. The number of halogens is 1. The zero-order chi connectivity index (χ0) is 22.7. The number of aliphatic carboxylic acids is 1. The molecule has 8 nitrogen and oxygen atoms in total. The summed E-state index contributed by atoms with van der Waals surface area (Å²) in [5.41, 5.74) is 0.605. The molecule has 1 fully saturated rings. The van der Waals surface area contributed by atoms with Gasteiger partial charge in [-0.05, 0) is 42.0 Å². The number of carboxylic acid groups (broad SMARTS) is 1. The summed E-state index contributed by atoms with van der Waals surface area (Å²) in [4.78, 5) is 37.9. The molecule has 0 saturated carbocycles. The summed E-state index contributed by atoms with van der Waals surface area (Å²) in [6.07, 6.45) is -0.363. The van der Waals surface area contributed by atoms with Crippen molar-refractivity contribution in [1.82, 2.24) is 4.90 Å². The minimum absolute atomic E-state index is 0.148. The summed E-state index contributed by atoms with van der Waals surface area (Å²) in [6.45, 7) is -0.212. The number of carbonyl (C=O) groups excluding carboxylic acids is 2. The maximum Gasteiger partial charge on any atom is 0.305 e. The number of hydrogen-bond acceptors (Lipinski definition) is 6. The smallest absolute Gasteiger partial charge is 0.305 e. The number of carboxylic acids is 1. The van der Waals surface area contributed by atoms with Gasteiger partial charge in [-0.3, -0.25) is 14.4 Å². The lowest BCUT2D eigenvalue weighted by atomic mass is 9.95. The van der Waals surface area contributed by atoms with Crippen LogP contribution in [0.3, 0.4) is 0 Å². The predicted octanol–water partition coefficient (Wildman–Crippen LogP) is 3.25. The Balaban J connectivity index is 2.19. The number of rotatable bonds is 7. The molecule has 0 aliphatic carbocycles. The van der Waals surface area contributed by atoms with Gasteiger partial charge >= 0.3 is 5.97 Å². The third kappa shape index (κ3) is 4.34. The van der Waals surface area contributed by atoms with Crippen LogP contribution in [0.1, 0.15) is 23.6 Å². The van der Waals surface area contributed by atoms with Crippen molar-refractivity contribution in [3.05, 3.63) is 64.2 Å². The molecule has 1 aliphatic heterocycles. The van der Waals surface area contributed by atoms with Crippen molar-refractivity contribution in [2.24, 2.45) is 0 Å². The van der Waals surface area contributed by atoms with E-state index in [9.17, 15) is 19.5 Å². The summed E-state index contributed by atoms with van der Waals surface area (Å²) in [5, 5.41) is 20.4. The Morgan fingerprint density at radius 1 is 1.03 bits per heavy atom. The first kappa shape index (κ1) is 22.2. The molecule has 162 valence electrons. The SMILES string of the molecule is COc1ccc([C@@H]2C(=C(O)c3ccc(Cl)cc3)C(=O)C(=O)N2CCC(=O)O)cc1OC. The minimum Gasteiger partial charge on any atom is -0.507 e. The van der Waals surface area contributed by atoms with Crippen LogP contribution in [0, 0.1) is 0 Å². The molecular formula is C22H20ClNO7. The molecule has 0 aromatic heterocycles. The Labute approximate surface area is 183 Å². The molecule has 1 saturated heterocycles. The summed E-state index contributed by atoms with van der Waals surface area (Å²) in [7, 11) is 2.91. The molecule has 3 rings (SSSR count). The van der Waals surface area contributed by atoms with Crippen LogP contribution in [0.25, 0.3) is 5.76 Å². The average molecular weight is 446 g/mol. The molecule has 1 aliphatic rings. The van der Waals surface area contributed by atoms with Crippen molar-refractivity contribution in [2.45, 2.75) is 12.5 Å². The number of hydrogen-bond donors (Lipinski definition) is 2. The number of amides is 1. The number of likely N-dealkylation sites (tertiary alicyclic amines) is 1. The highest BCUT2D eigenvalue weighted by molar-refractivity contribution is 6.46. The fourth-order valence-corrected chi connectivity index (χ4v) is 3.59. The summed E-state index contributed by atoms with van der Waals surface area (Å²) in [5.74, 6) is -2.51. The maximum absolute atomic E-state index is 12.9. The molecular weight excluding hydrogens is 426 g/mol. The zero-order valence-corrected chi connectivity index (χ0v) is 17.5. The van der Waals surface area contributed by atoms with Gasteiger partial charge in [-0.2, -0.15) is 0 Å². The van der Waals surface area contributed by atoms with E-state index in [1.807, 2.05) is 0 Å². The minimum atomic E-state index is -1.12. The van der Waals surface area contributed by atoms with Gasteiger partial charge in [0, 0.05) is 17.1 Å². The Kier molecular flexibility index (Phi) is 6.50. The van der Waals surface area contributed by atoms with Crippen LogP contribution in [-0.2, 0) is 14.4 Å². The van der Waals surface area contributed by atoms with E-state index < -0.39 is 23.7 Å². The number of ketones is 1. The monoisotopic (exact) mass is 445 g/mol. The van der Waals surface area contributed by atoms with Gasteiger partial charge in [-0.25, -0.2) is 0 Å². The van der Waals surface area contributed by atoms with E-state index >= 15 is 0 Å². The molecule has 0 unspecified atom stereocenters. The number of Topliss-reactive ketones (excluding diaryl/α,β-unsaturated/α-hetero) is 1. The van der Waals surface area contributed by atoms with Crippen LogP contribution in [0.15, 0.2) is 48.0 Å². The number of aliphatic hydroxyl groups is 1. The Morgan fingerprint density at radius 3 is 2.26 bits per heavy atom. The molecule has 2 N–H and O–H groups in total. The van der Waals surface area contributed by atoms with Crippen molar-refractivity contribution in [2.75, 3.05) is 20.8 Å². The molecule has 31 heavy (non-hydrogen) atoms. The molecule has 1 amide bonds. The lowest BCUT2D eigenvalue weighted by Crippen LogP contribution is -2.31. The Hall–Kier alpha value is -3.52. The van der Waals surface area contributed by atoms with Gasteiger partial charge in [-0.15, -0.1) is 0 Å². The fourth-order valence-electron chi connectivity index (χ4n) is 3.46. The molecule has 1 atom stereocenters. The molecule has 2 aromatic carbocycles.